The van der Waals surface area contributed by atoms with Crippen LogP contribution < -0.4 is 10.6 Å². The summed E-state index contributed by atoms with van der Waals surface area (Å²) in [4.78, 5) is 40.7. The summed E-state index contributed by atoms with van der Waals surface area (Å²) >= 11 is 0. The summed E-state index contributed by atoms with van der Waals surface area (Å²) in [6, 6.07) is 6.96. The minimum absolute atomic E-state index is 0.110. The third kappa shape index (κ3) is 6.83. The molecule has 0 saturated heterocycles. The Hall–Kier alpha value is -2.41. The van der Waals surface area contributed by atoms with Crippen molar-refractivity contribution in [3.63, 3.8) is 0 Å². The number of hydrogen-bond acceptors (Lipinski definition) is 4. The van der Waals surface area contributed by atoms with E-state index in [0.717, 1.165) is 12.8 Å². The Labute approximate surface area is 180 Å². The molecule has 1 saturated carbocycles. The van der Waals surface area contributed by atoms with Gasteiger partial charge in [0.05, 0.1) is 12.6 Å². The second-order valence-electron chi connectivity index (χ2n) is 7.96. The Morgan fingerprint density at radius 3 is 2.03 bits per heavy atom. The molecule has 1 fully saturated rings. The largest absolute Gasteiger partial charge is 0.339 e. The molecule has 0 aromatic heterocycles. The molecule has 0 radical (unpaired) electrons. The predicted molar refractivity (Wildman–Crippen MR) is 120 cm³/mol. The van der Waals surface area contributed by atoms with E-state index in [4.69, 9.17) is 0 Å². The minimum atomic E-state index is -0.343. The number of carbonyl (C=O) groups excluding carboxylic acids is 3. The van der Waals surface area contributed by atoms with Crippen LogP contribution in [0.1, 0.15) is 59.8 Å². The Kier molecular flexibility index (Phi) is 9.30. The monoisotopic (exact) mass is 416 g/mol. The quantitative estimate of drug-likeness (QED) is 0.646. The molecule has 7 heteroatoms. The van der Waals surface area contributed by atoms with Gasteiger partial charge in [-0.15, -0.1) is 0 Å². The van der Waals surface area contributed by atoms with Crippen molar-refractivity contribution in [2.45, 2.75) is 71.9 Å². The van der Waals surface area contributed by atoms with Gasteiger partial charge in [-0.2, -0.15) is 0 Å². The van der Waals surface area contributed by atoms with Crippen molar-refractivity contribution in [1.82, 2.24) is 9.80 Å². The number of rotatable bonds is 9. The van der Waals surface area contributed by atoms with Crippen LogP contribution in [-0.2, 0) is 14.4 Å². The third-order valence-electron chi connectivity index (χ3n) is 5.79. The zero-order valence-corrected chi connectivity index (χ0v) is 18.7. The molecule has 1 aliphatic rings. The second-order valence-corrected chi connectivity index (χ2v) is 7.96. The van der Waals surface area contributed by atoms with Crippen LogP contribution in [0.25, 0.3) is 0 Å². The van der Waals surface area contributed by atoms with Gasteiger partial charge < -0.3 is 15.5 Å². The van der Waals surface area contributed by atoms with Crippen LogP contribution in [0.3, 0.4) is 0 Å². The highest BCUT2D eigenvalue weighted by Crippen LogP contribution is 2.23. The summed E-state index contributed by atoms with van der Waals surface area (Å²) in [6.45, 7) is 8.82. The Morgan fingerprint density at radius 1 is 0.967 bits per heavy atom. The van der Waals surface area contributed by atoms with Gasteiger partial charge >= 0.3 is 0 Å². The molecule has 0 aliphatic heterocycles. The van der Waals surface area contributed by atoms with Gasteiger partial charge in [-0.25, -0.2) is 0 Å². The van der Waals surface area contributed by atoms with Gasteiger partial charge in [0.25, 0.3) is 0 Å². The third-order valence-corrected chi connectivity index (χ3v) is 5.79. The van der Waals surface area contributed by atoms with Crippen molar-refractivity contribution in [3.8, 4) is 0 Å². The Morgan fingerprint density at radius 2 is 1.53 bits per heavy atom. The van der Waals surface area contributed by atoms with E-state index in [1.54, 1.807) is 24.3 Å². The van der Waals surface area contributed by atoms with Crippen molar-refractivity contribution in [3.05, 3.63) is 24.3 Å². The van der Waals surface area contributed by atoms with E-state index in [1.807, 2.05) is 30.6 Å². The number of amides is 3. The molecule has 2 rings (SSSR count). The molecular formula is C23H36N4O3. The summed E-state index contributed by atoms with van der Waals surface area (Å²) < 4.78 is 0. The van der Waals surface area contributed by atoms with Crippen molar-refractivity contribution >= 4 is 29.1 Å². The average Bonchev–Trinajstić information content (AvgIpc) is 2.73. The number of nitrogens with zero attached hydrogens (tertiary/aromatic N) is 2. The molecule has 166 valence electrons. The lowest BCUT2D eigenvalue weighted by molar-refractivity contribution is -0.139. The standard InChI is InChI=1S/C23H36N4O3/c1-5-26(17(3)23(30)27(6-2)21-10-8-7-9-11-21)16-22(29)25-20-14-12-19(13-15-20)24-18(4)28/h12-15,17,21H,5-11,16H2,1-4H3,(H,24,28)(H,25,29)/t17-/m1/s1. The molecule has 7 nitrogen and oxygen atoms in total. The molecule has 1 aromatic carbocycles. The zero-order valence-electron chi connectivity index (χ0n) is 18.7. The molecule has 1 aliphatic carbocycles. The molecule has 0 bridgehead atoms. The first kappa shape index (κ1) is 23.9. The molecule has 0 heterocycles. The fourth-order valence-electron chi connectivity index (χ4n) is 4.13. The predicted octanol–water partition coefficient (Wildman–Crippen LogP) is 3.48. The molecule has 1 aromatic rings. The van der Waals surface area contributed by atoms with Crippen molar-refractivity contribution in [1.29, 1.82) is 0 Å². The van der Waals surface area contributed by atoms with Gasteiger partial charge in [-0.1, -0.05) is 26.2 Å². The number of anilines is 2. The van der Waals surface area contributed by atoms with Crippen molar-refractivity contribution in [2.24, 2.45) is 0 Å². The highest BCUT2D eigenvalue weighted by molar-refractivity contribution is 5.93. The topological polar surface area (TPSA) is 81.8 Å². The second kappa shape index (κ2) is 11.7. The Balaban J connectivity index is 1.94. The van der Waals surface area contributed by atoms with Crippen LogP contribution in [0.15, 0.2) is 24.3 Å². The van der Waals surface area contributed by atoms with Crippen LogP contribution in [0, 0.1) is 0 Å². The molecule has 30 heavy (non-hydrogen) atoms. The first-order valence-corrected chi connectivity index (χ1v) is 11.1. The number of benzene rings is 1. The van der Waals surface area contributed by atoms with Gasteiger partial charge in [0, 0.05) is 30.9 Å². The lowest BCUT2D eigenvalue weighted by Crippen LogP contribution is -2.52. The van der Waals surface area contributed by atoms with Gasteiger partial charge in [-0.3, -0.25) is 19.3 Å². The summed E-state index contributed by atoms with van der Waals surface area (Å²) in [6.07, 6.45) is 5.78. The van der Waals surface area contributed by atoms with E-state index in [2.05, 4.69) is 10.6 Å². The number of hydrogen-bond donors (Lipinski definition) is 2. The van der Waals surface area contributed by atoms with E-state index >= 15 is 0 Å². The van der Waals surface area contributed by atoms with Crippen molar-refractivity contribution < 1.29 is 14.4 Å². The molecule has 0 unspecified atom stereocenters. The fraction of sp³-hybridized carbons (Fsp3) is 0.609. The van der Waals surface area contributed by atoms with Crippen LogP contribution in [-0.4, -0.2) is 59.2 Å². The van der Waals surface area contributed by atoms with E-state index < -0.39 is 0 Å². The van der Waals surface area contributed by atoms with E-state index in [-0.39, 0.29) is 30.3 Å². The zero-order chi connectivity index (χ0) is 22.1. The van der Waals surface area contributed by atoms with E-state index in [1.165, 1.54) is 26.2 Å². The number of carbonyl (C=O) groups is 3. The highest BCUT2D eigenvalue weighted by atomic mass is 16.2. The van der Waals surface area contributed by atoms with Gasteiger partial charge in [-0.05, 0) is 57.5 Å². The molecule has 1 atom stereocenters. The molecular weight excluding hydrogens is 380 g/mol. The lowest BCUT2D eigenvalue weighted by Gasteiger charge is -2.37. The maximum Gasteiger partial charge on any atom is 0.239 e. The molecule has 2 N–H and O–H groups in total. The first-order chi connectivity index (χ1) is 14.3. The minimum Gasteiger partial charge on any atom is -0.339 e. The van der Waals surface area contributed by atoms with Crippen LogP contribution in [0.5, 0.6) is 0 Å². The molecule has 0 spiro atoms. The van der Waals surface area contributed by atoms with Crippen LogP contribution in [0.2, 0.25) is 0 Å². The number of likely N-dealkylation sites (N-methyl/N-ethyl adjacent to an activating group) is 2. The van der Waals surface area contributed by atoms with Crippen LogP contribution in [0.4, 0.5) is 11.4 Å². The van der Waals surface area contributed by atoms with E-state index in [0.29, 0.717) is 30.5 Å². The lowest BCUT2D eigenvalue weighted by atomic mass is 9.93. The summed E-state index contributed by atoms with van der Waals surface area (Å²) in [5, 5.41) is 5.56. The Bertz CT molecular complexity index is 714. The first-order valence-electron chi connectivity index (χ1n) is 11.1. The molecule has 3 amide bonds. The van der Waals surface area contributed by atoms with Gasteiger partial charge in [0.15, 0.2) is 0 Å². The average molecular weight is 417 g/mol. The maximum atomic E-state index is 13.2. The SMILES string of the molecule is CCN(C(=O)[C@@H](C)N(CC)CC(=O)Nc1ccc(NC(C)=O)cc1)C1CCCCC1. The normalized spacial score (nSPS) is 15.5. The maximum absolute atomic E-state index is 13.2. The van der Waals surface area contributed by atoms with Crippen molar-refractivity contribution in [2.75, 3.05) is 30.3 Å². The van der Waals surface area contributed by atoms with E-state index in [9.17, 15) is 14.4 Å². The summed E-state index contributed by atoms with van der Waals surface area (Å²) in [5.41, 5.74) is 1.33. The highest BCUT2D eigenvalue weighted by Gasteiger charge is 2.30. The smallest absolute Gasteiger partial charge is 0.239 e. The van der Waals surface area contributed by atoms with Gasteiger partial charge in [0.2, 0.25) is 17.7 Å². The summed E-state index contributed by atoms with van der Waals surface area (Å²) in [5.74, 6) is -0.193. The van der Waals surface area contributed by atoms with Gasteiger partial charge in [0.1, 0.15) is 0 Å². The summed E-state index contributed by atoms with van der Waals surface area (Å²) in [7, 11) is 0. The number of nitrogens with one attached hydrogen (secondary N) is 2. The van der Waals surface area contributed by atoms with Crippen LogP contribution >= 0.6 is 0 Å². The fourth-order valence-corrected chi connectivity index (χ4v) is 4.13.